The predicted octanol–water partition coefficient (Wildman–Crippen LogP) is 3.97. The van der Waals surface area contributed by atoms with Gasteiger partial charge < -0.3 is 27.4 Å². The quantitative estimate of drug-likeness (QED) is 0.315. The van der Waals surface area contributed by atoms with Crippen molar-refractivity contribution in [1.82, 2.24) is 10.2 Å². The van der Waals surface area contributed by atoms with Crippen molar-refractivity contribution >= 4 is 39.9 Å². The van der Waals surface area contributed by atoms with Crippen molar-refractivity contribution in [2.24, 2.45) is 0 Å². The molecule has 0 aromatic carbocycles. The zero-order chi connectivity index (χ0) is 23.6. The summed E-state index contributed by atoms with van der Waals surface area (Å²) in [6, 6.07) is 0.896. The number of nitrogens with zero attached hydrogens (tertiary/aromatic N) is 1. The van der Waals surface area contributed by atoms with Gasteiger partial charge in [-0.2, -0.15) is 0 Å². The third-order valence-electron chi connectivity index (χ3n) is 4.21. The zero-order valence-corrected chi connectivity index (χ0v) is 25.2. The largest absolute Gasteiger partial charge is 0.437 e. The van der Waals surface area contributed by atoms with Crippen LogP contribution < -0.4 is 5.32 Å². The maximum absolute atomic E-state index is 11.2. The van der Waals surface area contributed by atoms with Gasteiger partial charge in [0, 0.05) is 20.0 Å². The van der Waals surface area contributed by atoms with E-state index in [1.807, 2.05) is 13.1 Å². The van der Waals surface area contributed by atoms with Crippen molar-refractivity contribution in [3.63, 3.8) is 0 Å². The molecular weight excluding hydrogens is 449 g/mol. The fourth-order valence-electron chi connectivity index (χ4n) is 3.64. The van der Waals surface area contributed by atoms with E-state index in [-0.39, 0.29) is 5.91 Å². The SMILES string of the molecule is CCCCN(CCC[Si](C)(O[Si](C)(C)C)O[Si](C)(C)O[Si](C)(C)O)CCNC(C)=O. The molecule has 0 rings (SSSR count). The minimum atomic E-state index is -2.67. The van der Waals surface area contributed by atoms with Crippen LogP contribution in [0.15, 0.2) is 0 Å². The molecule has 0 saturated carbocycles. The molecule has 0 spiro atoms. The second kappa shape index (κ2) is 13.0. The molecule has 30 heavy (non-hydrogen) atoms. The first-order chi connectivity index (χ1) is 13.5. The summed E-state index contributed by atoms with van der Waals surface area (Å²) in [5.41, 5.74) is 0. The molecule has 1 unspecified atom stereocenters. The van der Waals surface area contributed by atoms with E-state index in [4.69, 9.17) is 12.3 Å². The number of amides is 1. The van der Waals surface area contributed by atoms with Crippen molar-refractivity contribution in [3.05, 3.63) is 0 Å². The van der Waals surface area contributed by atoms with Crippen LogP contribution >= 0.6 is 0 Å². The molecule has 0 aromatic rings. The number of unbranched alkanes of at least 4 members (excludes halogenated alkanes) is 1. The van der Waals surface area contributed by atoms with Crippen LogP contribution in [0.4, 0.5) is 0 Å². The van der Waals surface area contributed by atoms with Gasteiger partial charge in [-0.1, -0.05) is 13.3 Å². The Morgan fingerprint density at radius 2 is 1.47 bits per heavy atom. The van der Waals surface area contributed by atoms with Crippen molar-refractivity contribution < 1.29 is 21.9 Å². The van der Waals surface area contributed by atoms with Crippen LogP contribution in [0.1, 0.15) is 33.1 Å². The lowest BCUT2D eigenvalue weighted by molar-refractivity contribution is -0.119. The molecule has 7 nitrogen and oxygen atoms in total. The number of nitrogens with one attached hydrogen (secondary N) is 1. The van der Waals surface area contributed by atoms with Gasteiger partial charge in [0.25, 0.3) is 0 Å². The van der Waals surface area contributed by atoms with Crippen molar-refractivity contribution in [2.45, 2.75) is 91.5 Å². The third-order valence-corrected chi connectivity index (χ3v) is 17.3. The van der Waals surface area contributed by atoms with Gasteiger partial charge in [0.05, 0.1) is 0 Å². The van der Waals surface area contributed by atoms with E-state index in [1.54, 1.807) is 20.0 Å². The van der Waals surface area contributed by atoms with Crippen LogP contribution in [0.5, 0.6) is 0 Å². The van der Waals surface area contributed by atoms with E-state index >= 15 is 0 Å². The van der Waals surface area contributed by atoms with E-state index in [0.29, 0.717) is 6.54 Å². The molecule has 0 bridgehead atoms. The average Bonchev–Trinajstić information content (AvgIpc) is 2.46. The first-order valence-corrected chi connectivity index (χ1v) is 22.9. The summed E-state index contributed by atoms with van der Waals surface area (Å²) in [6.45, 7) is 23.6. The Labute approximate surface area is 189 Å². The Balaban J connectivity index is 5.05. The molecule has 0 saturated heterocycles. The van der Waals surface area contributed by atoms with Gasteiger partial charge in [-0.15, -0.1) is 0 Å². The molecule has 180 valence electrons. The van der Waals surface area contributed by atoms with Gasteiger partial charge in [-0.25, -0.2) is 0 Å². The maximum atomic E-state index is 11.2. The number of hydrogen-bond acceptors (Lipinski definition) is 6. The van der Waals surface area contributed by atoms with Crippen LogP contribution in [-0.2, 0) is 17.1 Å². The van der Waals surface area contributed by atoms with Crippen molar-refractivity contribution in [1.29, 1.82) is 0 Å². The van der Waals surface area contributed by atoms with Gasteiger partial charge in [0.2, 0.25) is 5.91 Å². The molecule has 0 heterocycles. The first kappa shape index (κ1) is 30.1. The summed E-state index contributed by atoms with van der Waals surface area (Å²) in [7, 11) is -9.41. The topological polar surface area (TPSA) is 80.3 Å². The monoisotopic (exact) mass is 496 g/mol. The fraction of sp³-hybridized carbons (Fsp3) is 0.947. The molecule has 0 aliphatic heterocycles. The second-order valence-corrected chi connectivity index (χ2v) is 25.3. The highest BCUT2D eigenvalue weighted by molar-refractivity contribution is 6.88. The number of hydrogen-bond donors (Lipinski definition) is 2. The fourth-order valence-corrected chi connectivity index (χ4v) is 20.5. The Morgan fingerprint density at radius 1 is 0.900 bits per heavy atom. The Bertz CT molecular complexity index is 512. The molecule has 0 aliphatic carbocycles. The second-order valence-electron chi connectivity index (χ2n) is 10.2. The minimum absolute atomic E-state index is 0.0184. The van der Waals surface area contributed by atoms with Crippen molar-refractivity contribution in [3.8, 4) is 0 Å². The van der Waals surface area contributed by atoms with Crippen LogP contribution in [0.25, 0.3) is 0 Å². The normalized spacial score (nSPS) is 15.3. The predicted molar refractivity (Wildman–Crippen MR) is 135 cm³/mol. The molecule has 0 fully saturated rings. The molecular formula is C19H48N2O5Si4. The Hall–Kier alpha value is 0.138. The smallest absolute Gasteiger partial charge is 0.320 e. The van der Waals surface area contributed by atoms with E-state index in [0.717, 1.165) is 44.9 Å². The molecule has 0 aromatic heterocycles. The maximum Gasteiger partial charge on any atom is 0.320 e. The van der Waals surface area contributed by atoms with Crippen molar-refractivity contribution in [2.75, 3.05) is 26.2 Å². The van der Waals surface area contributed by atoms with Crippen LogP contribution in [0.3, 0.4) is 0 Å². The minimum Gasteiger partial charge on any atom is -0.437 e. The van der Waals surface area contributed by atoms with E-state index in [1.165, 1.54) is 0 Å². The highest BCUT2D eigenvalue weighted by Gasteiger charge is 2.44. The Morgan fingerprint density at radius 3 is 1.93 bits per heavy atom. The lowest BCUT2D eigenvalue weighted by Gasteiger charge is -2.41. The van der Waals surface area contributed by atoms with E-state index in [9.17, 15) is 9.59 Å². The molecule has 0 radical (unpaired) electrons. The summed E-state index contributed by atoms with van der Waals surface area (Å²) < 4.78 is 19.3. The summed E-state index contributed by atoms with van der Waals surface area (Å²) in [5, 5.41) is 2.90. The number of rotatable bonds is 16. The van der Waals surface area contributed by atoms with Gasteiger partial charge in [0.15, 0.2) is 8.32 Å². The number of carbonyl (C=O) groups excluding carboxylic acids is 1. The van der Waals surface area contributed by atoms with Gasteiger partial charge in [0.1, 0.15) is 0 Å². The first-order valence-electron chi connectivity index (χ1n) is 11.3. The summed E-state index contributed by atoms with van der Waals surface area (Å²) >= 11 is 0. The van der Waals surface area contributed by atoms with E-state index in [2.05, 4.69) is 43.3 Å². The van der Waals surface area contributed by atoms with Crippen LogP contribution in [0, 0.1) is 0 Å². The molecule has 11 heteroatoms. The zero-order valence-electron chi connectivity index (χ0n) is 21.2. The highest BCUT2D eigenvalue weighted by atomic mass is 28.5. The highest BCUT2D eigenvalue weighted by Crippen LogP contribution is 2.27. The average molecular weight is 497 g/mol. The van der Waals surface area contributed by atoms with E-state index < -0.39 is 34.0 Å². The standard InChI is InChI=1S/C19H48N2O5Si4/c1-11-12-15-21(17-14-20-19(2)22)16-13-18-30(10,24-27(3,4)5)26-29(8,9)25-28(6,7)23/h23H,11-18H2,1-10H3,(H,20,22). The summed E-state index contributed by atoms with van der Waals surface area (Å²) in [4.78, 5) is 23.8. The van der Waals surface area contributed by atoms with Gasteiger partial charge in [-0.3, -0.25) is 4.79 Å². The molecule has 1 atom stereocenters. The third kappa shape index (κ3) is 16.8. The molecule has 0 aliphatic rings. The summed E-state index contributed by atoms with van der Waals surface area (Å²) in [5.74, 6) is 0.0184. The van der Waals surface area contributed by atoms with Crippen LogP contribution in [0.2, 0.25) is 58.4 Å². The lowest BCUT2D eigenvalue weighted by atomic mass is 10.3. The van der Waals surface area contributed by atoms with Gasteiger partial charge in [-0.05, 0) is 84.4 Å². The van der Waals surface area contributed by atoms with Crippen LogP contribution in [-0.4, -0.2) is 75.8 Å². The number of carbonyl (C=O) groups is 1. The molecule has 1 amide bonds. The Kier molecular flexibility index (Phi) is 13.1. The molecule has 2 N–H and O–H groups in total. The van der Waals surface area contributed by atoms with Gasteiger partial charge >= 0.3 is 25.7 Å². The summed E-state index contributed by atoms with van der Waals surface area (Å²) in [6.07, 6.45) is 3.30. The lowest BCUT2D eigenvalue weighted by Crippen LogP contribution is -2.57.